The zero-order valence-electron chi connectivity index (χ0n) is 21.2. The number of aromatic amines is 1. The minimum absolute atomic E-state index is 0.0135. The van der Waals surface area contributed by atoms with Crippen LogP contribution in [0, 0.1) is 17.8 Å². The highest BCUT2D eigenvalue weighted by Crippen LogP contribution is 2.49. The number of hydrogen-bond acceptors (Lipinski definition) is 2. The van der Waals surface area contributed by atoms with Crippen molar-refractivity contribution < 1.29 is 9.59 Å². The number of nitrogens with zero attached hydrogens (tertiary/aromatic N) is 2. The Labute approximate surface area is 203 Å². The Kier molecular flexibility index (Phi) is 6.11. The van der Waals surface area contributed by atoms with E-state index in [0.717, 1.165) is 45.2 Å². The Morgan fingerprint density at radius 1 is 1.09 bits per heavy atom. The molecule has 6 heteroatoms. The summed E-state index contributed by atoms with van der Waals surface area (Å²) >= 11 is 0. The van der Waals surface area contributed by atoms with Gasteiger partial charge in [0.2, 0.25) is 5.91 Å². The first kappa shape index (κ1) is 23.3. The van der Waals surface area contributed by atoms with E-state index in [1.807, 2.05) is 32.7 Å². The van der Waals surface area contributed by atoms with E-state index in [1.54, 1.807) is 0 Å². The summed E-state index contributed by atoms with van der Waals surface area (Å²) in [5.74, 6) is 1.55. The Balaban J connectivity index is 1.22. The highest BCUT2D eigenvalue weighted by atomic mass is 16.2. The summed E-state index contributed by atoms with van der Waals surface area (Å²) in [6.45, 7) is 7.61. The van der Waals surface area contributed by atoms with Gasteiger partial charge in [-0.2, -0.15) is 0 Å². The average Bonchev–Trinajstić information content (AvgIpc) is 3.57. The molecule has 5 rings (SSSR count). The molecule has 0 spiro atoms. The van der Waals surface area contributed by atoms with Gasteiger partial charge < -0.3 is 20.1 Å². The molecule has 6 nitrogen and oxygen atoms in total. The van der Waals surface area contributed by atoms with Crippen molar-refractivity contribution in [1.82, 2.24) is 20.1 Å². The number of nitrogens with one attached hydrogen (secondary N) is 2. The fourth-order valence-electron chi connectivity index (χ4n) is 6.13. The third kappa shape index (κ3) is 4.69. The molecule has 2 saturated carbocycles. The molecular weight excluding hydrogens is 424 g/mol. The first-order chi connectivity index (χ1) is 16.2. The minimum Gasteiger partial charge on any atom is -0.356 e. The molecule has 3 amide bonds. The van der Waals surface area contributed by atoms with E-state index in [0.29, 0.717) is 17.7 Å². The van der Waals surface area contributed by atoms with Crippen molar-refractivity contribution in [2.24, 2.45) is 17.8 Å². The van der Waals surface area contributed by atoms with Crippen LogP contribution < -0.4 is 5.32 Å². The molecule has 2 aliphatic carbocycles. The Morgan fingerprint density at radius 2 is 1.79 bits per heavy atom. The zero-order valence-corrected chi connectivity index (χ0v) is 21.2. The number of amides is 3. The van der Waals surface area contributed by atoms with Crippen molar-refractivity contribution in [3.05, 3.63) is 35.5 Å². The zero-order chi connectivity index (χ0) is 24.0. The first-order valence-corrected chi connectivity index (χ1v) is 13.1. The van der Waals surface area contributed by atoms with Gasteiger partial charge in [-0.1, -0.05) is 18.2 Å². The molecule has 34 heavy (non-hydrogen) atoms. The summed E-state index contributed by atoms with van der Waals surface area (Å²) in [5, 5.41) is 4.37. The number of carbonyl (C=O) groups excluding carboxylic acids is 2. The first-order valence-electron chi connectivity index (χ1n) is 13.1. The van der Waals surface area contributed by atoms with Crippen LogP contribution in [0.15, 0.2) is 24.3 Å². The fourth-order valence-corrected chi connectivity index (χ4v) is 6.13. The van der Waals surface area contributed by atoms with Crippen LogP contribution in [0.25, 0.3) is 10.9 Å². The van der Waals surface area contributed by atoms with Crippen LogP contribution in [0.5, 0.6) is 0 Å². The average molecular weight is 465 g/mol. The highest BCUT2D eigenvalue weighted by molar-refractivity contribution is 5.86. The third-order valence-corrected chi connectivity index (χ3v) is 7.99. The van der Waals surface area contributed by atoms with Gasteiger partial charge in [0.25, 0.3) is 0 Å². The second kappa shape index (κ2) is 8.94. The van der Waals surface area contributed by atoms with Crippen molar-refractivity contribution in [1.29, 1.82) is 0 Å². The lowest BCUT2D eigenvalue weighted by molar-refractivity contribution is -0.140. The van der Waals surface area contributed by atoms with Crippen molar-refractivity contribution >= 4 is 22.8 Å². The molecule has 184 valence electrons. The van der Waals surface area contributed by atoms with Crippen LogP contribution in [0.3, 0.4) is 0 Å². The maximum atomic E-state index is 13.8. The summed E-state index contributed by atoms with van der Waals surface area (Å²) in [6.07, 6.45) is 7.29. The van der Waals surface area contributed by atoms with Gasteiger partial charge in [0, 0.05) is 48.2 Å². The lowest BCUT2D eigenvalue weighted by Gasteiger charge is -2.40. The lowest BCUT2D eigenvalue weighted by atomic mass is 9.80. The van der Waals surface area contributed by atoms with Crippen molar-refractivity contribution in [3.8, 4) is 0 Å². The molecule has 2 N–H and O–H groups in total. The fraction of sp³-hybridized carbons (Fsp3) is 0.643. The van der Waals surface area contributed by atoms with Crippen molar-refractivity contribution in [2.45, 2.75) is 77.3 Å². The van der Waals surface area contributed by atoms with Gasteiger partial charge in [-0.25, -0.2) is 4.79 Å². The smallest absolute Gasteiger partial charge is 0.317 e. The maximum absolute atomic E-state index is 13.8. The molecule has 1 aliphatic heterocycles. The molecule has 1 unspecified atom stereocenters. The predicted molar refractivity (Wildman–Crippen MR) is 136 cm³/mol. The van der Waals surface area contributed by atoms with Gasteiger partial charge >= 0.3 is 6.03 Å². The van der Waals surface area contributed by atoms with Gasteiger partial charge in [0.05, 0.1) is 6.04 Å². The molecule has 0 saturated heterocycles. The molecule has 0 bridgehead atoms. The summed E-state index contributed by atoms with van der Waals surface area (Å²) in [4.78, 5) is 33.9. The van der Waals surface area contributed by atoms with Gasteiger partial charge in [-0.3, -0.25) is 4.79 Å². The van der Waals surface area contributed by atoms with Crippen LogP contribution in [0.4, 0.5) is 4.79 Å². The van der Waals surface area contributed by atoms with E-state index >= 15 is 0 Å². The molecule has 2 heterocycles. The Hall–Kier alpha value is -2.50. The van der Waals surface area contributed by atoms with Gasteiger partial charge in [0.15, 0.2) is 0 Å². The highest BCUT2D eigenvalue weighted by Gasteiger charge is 2.44. The van der Waals surface area contributed by atoms with Crippen molar-refractivity contribution in [3.63, 3.8) is 0 Å². The number of rotatable bonds is 4. The minimum atomic E-state index is -0.229. The van der Waals surface area contributed by atoms with Crippen LogP contribution in [0.1, 0.15) is 76.6 Å². The quantitative estimate of drug-likeness (QED) is 0.649. The van der Waals surface area contributed by atoms with Gasteiger partial charge in [0.1, 0.15) is 0 Å². The SMILES string of the molecule is CN(C[C@H]1CC[C@H](C(=O)N2CCc3c([nH]c4ccccc34)C2C2CC2)CC1)C(=O)NC(C)(C)C. The Bertz CT molecular complexity index is 1060. The molecule has 1 aromatic carbocycles. The standard InChI is InChI=1S/C28H40N4O2/c1-28(2,3)30-27(34)31(4)17-18-9-11-20(12-10-18)26(33)32-16-15-22-21-7-5-6-8-23(21)29-24(22)25(32)19-13-14-19/h5-8,18-20,25,29H,9-17H2,1-4H3,(H,30,34)/t18-,20-,25?. The van der Waals surface area contributed by atoms with E-state index in [1.165, 1.54) is 35.0 Å². The monoisotopic (exact) mass is 464 g/mol. The normalized spacial score (nSPS) is 25.2. The molecule has 1 aromatic heterocycles. The van der Waals surface area contributed by atoms with E-state index in [9.17, 15) is 9.59 Å². The maximum Gasteiger partial charge on any atom is 0.317 e. The molecule has 2 fully saturated rings. The number of benzene rings is 1. The summed E-state index contributed by atoms with van der Waals surface area (Å²) < 4.78 is 0. The predicted octanol–water partition coefficient (Wildman–Crippen LogP) is 5.25. The number of urea groups is 1. The molecule has 3 aliphatic rings. The largest absolute Gasteiger partial charge is 0.356 e. The lowest BCUT2D eigenvalue weighted by Crippen LogP contribution is -2.48. The van der Waals surface area contributed by atoms with Crippen LogP contribution in [0.2, 0.25) is 0 Å². The van der Waals surface area contributed by atoms with E-state index in [4.69, 9.17) is 0 Å². The third-order valence-electron chi connectivity index (χ3n) is 7.99. The summed E-state index contributed by atoms with van der Waals surface area (Å²) in [5.41, 5.74) is 3.69. The van der Waals surface area contributed by atoms with Crippen LogP contribution in [-0.4, -0.2) is 52.4 Å². The topological polar surface area (TPSA) is 68.4 Å². The van der Waals surface area contributed by atoms with E-state index in [-0.39, 0.29) is 23.5 Å². The number of aromatic nitrogens is 1. The summed E-state index contributed by atoms with van der Waals surface area (Å²) in [7, 11) is 1.88. The van der Waals surface area contributed by atoms with E-state index in [2.05, 4.69) is 39.5 Å². The molecule has 1 atom stereocenters. The molecular formula is C28H40N4O2. The molecule has 0 radical (unpaired) electrons. The summed E-state index contributed by atoms with van der Waals surface area (Å²) in [6, 6.07) is 8.77. The molecule has 2 aromatic rings. The van der Waals surface area contributed by atoms with E-state index < -0.39 is 0 Å². The number of H-pyrrole nitrogens is 1. The number of fused-ring (bicyclic) bond motifs is 3. The van der Waals surface area contributed by atoms with Gasteiger partial charge in [-0.15, -0.1) is 0 Å². The number of hydrogen-bond donors (Lipinski definition) is 2. The second-order valence-electron chi connectivity index (χ2n) is 11.9. The van der Waals surface area contributed by atoms with Gasteiger partial charge in [-0.05, 0) is 89.2 Å². The van der Waals surface area contributed by atoms with Crippen LogP contribution in [-0.2, 0) is 11.2 Å². The number of para-hydroxylation sites is 1. The van der Waals surface area contributed by atoms with Crippen molar-refractivity contribution in [2.75, 3.05) is 20.1 Å². The number of carbonyl (C=O) groups is 2. The van der Waals surface area contributed by atoms with Crippen LogP contribution >= 0.6 is 0 Å². The Morgan fingerprint density at radius 3 is 2.47 bits per heavy atom. The second-order valence-corrected chi connectivity index (χ2v) is 11.9.